The summed E-state index contributed by atoms with van der Waals surface area (Å²) in [7, 11) is 0. The Bertz CT molecular complexity index is 1130. The van der Waals surface area contributed by atoms with Gasteiger partial charge in [-0.05, 0) is 81.1 Å². The molecule has 0 unspecified atom stereocenters. The van der Waals surface area contributed by atoms with Crippen LogP contribution >= 0.6 is 0 Å². The van der Waals surface area contributed by atoms with Crippen molar-refractivity contribution in [3.8, 4) is 0 Å². The quantitative estimate of drug-likeness (QED) is 0.637. The fourth-order valence-corrected chi connectivity index (χ4v) is 4.03. The number of nitrogens with one attached hydrogen (secondary N) is 1. The Labute approximate surface area is 177 Å². The van der Waals surface area contributed by atoms with Gasteiger partial charge in [-0.25, -0.2) is 0 Å². The van der Waals surface area contributed by atoms with Crippen molar-refractivity contribution in [3.63, 3.8) is 0 Å². The van der Waals surface area contributed by atoms with Crippen LogP contribution in [0.4, 0.5) is 11.4 Å². The Balaban J connectivity index is 1.58. The van der Waals surface area contributed by atoms with Gasteiger partial charge in [0.1, 0.15) is 0 Å². The summed E-state index contributed by atoms with van der Waals surface area (Å²) >= 11 is 0. The Hall–Kier alpha value is -3.40. The van der Waals surface area contributed by atoms with Crippen molar-refractivity contribution < 1.29 is 9.59 Å². The third-order valence-corrected chi connectivity index (χ3v) is 5.60. The summed E-state index contributed by atoms with van der Waals surface area (Å²) in [6.07, 6.45) is 1.74. The predicted octanol–water partition coefficient (Wildman–Crippen LogP) is 5.46. The molecular weight excluding hydrogens is 372 g/mol. The van der Waals surface area contributed by atoms with Gasteiger partial charge < -0.3 is 10.2 Å². The normalized spacial score (nSPS) is 13.0. The molecule has 1 N–H and O–H groups in total. The van der Waals surface area contributed by atoms with Crippen molar-refractivity contribution in [2.24, 2.45) is 0 Å². The topological polar surface area (TPSA) is 49.4 Å². The largest absolute Gasteiger partial charge is 0.322 e. The number of rotatable bonds is 3. The van der Waals surface area contributed by atoms with Crippen LogP contribution in [0.25, 0.3) is 0 Å². The van der Waals surface area contributed by atoms with Crippen LogP contribution in [0.2, 0.25) is 0 Å². The zero-order valence-electron chi connectivity index (χ0n) is 17.7. The van der Waals surface area contributed by atoms with Crippen LogP contribution < -0.4 is 10.2 Å². The van der Waals surface area contributed by atoms with Crippen molar-refractivity contribution in [3.05, 3.63) is 94.0 Å². The van der Waals surface area contributed by atoms with E-state index in [1.54, 1.807) is 6.07 Å². The molecule has 0 atom stereocenters. The molecule has 0 bridgehead atoms. The Morgan fingerprint density at radius 3 is 2.43 bits per heavy atom. The van der Waals surface area contributed by atoms with Crippen molar-refractivity contribution in [2.45, 2.75) is 33.6 Å². The van der Waals surface area contributed by atoms with Crippen LogP contribution in [-0.2, 0) is 6.42 Å². The average molecular weight is 399 g/mol. The molecule has 3 aromatic rings. The van der Waals surface area contributed by atoms with Crippen molar-refractivity contribution in [1.29, 1.82) is 0 Å². The Morgan fingerprint density at radius 2 is 1.67 bits per heavy atom. The molecule has 4 rings (SSSR count). The molecule has 0 spiro atoms. The maximum atomic E-state index is 13.1. The maximum Gasteiger partial charge on any atom is 0.258 e. The van der Waals surface area contributed by atoms with Crippen LogP contribution in [-0.4, -0.2) is 18.4 Å². The Kier molecular flexibility index (Phi) is 5.40. The summed E-state index contributed by atoms with van der Waals surface area (Å²) in [5, 5.41) is 3.01. The molecule has 0 aliphatic carbocycles. The highest BCUT2D eigenvalue weighted by Crippen LogP contribution is 2.30. The minimum atomic E-state index is -0.133. The summed E-state index contributed by atoms with van der Waals surface area (Å²) in [5.41, 5.74) is 7.33. The van der Waals surface area contributed by atoms with Gasteiger partial charge in [0, 0.05) is 29.0 Å². The first kappa shape index (κ1) is 19.9. The second kappa shape index (κ2) is 8.15. The molecule has 152 valence electrons. The first-order valence-corrected chi connectivity index (χ1v) is 10.3. The molecule has 1 aliphatic heterocycles. The first-order valence-electron chi connectivity index (χ1n) is 10.3. The van der Waals surface area contributed by atoms with E-state index in [-0.39, 0.29) is 11.8 Å². The van der Waals surface area contributed by atoms with Crippen LogP contribution in [0, 0.1) is 20.8 Å². The van der Waals surface area contributed by atoms with E-state index >= 15 is 0 Å². The summed E-state index contributed by atoms with van der Waals surface area (Å²) in [6.45, 7) is 6.70. The molecule has 0 aromatic heterocycles. The molecule has 4 heteroatoms. The minimum absolute atomic E-state index is 0.00660. The van der Waals surface area contributed by atoms with Crippen LogP contribution in [0.3, 0.4) is 0 Å². The first-order chi connectivity index (χ1) is 14.4. The van der Waals surface area contributed by atoms with E-state index in [9.17, 15) is 9.59 Å². The molecule has 0 radical (unpaired) electrons. The standard InChI is InChI=1S/C26H26N2O2/c1-17-6-4-7-22(15-17)26(30)28-13-5-8-20-16-21(10-12-24(20)28)25(29)27-23-11-9-18(2)14-19(23)3/h4,6-7,9-12,14-16H,5,8,13H2,1-3H3,(H,27,29). The molecule has 1 aliphatic rings. The van der Waals surface area contributed by atoms with Crippen molar-refractivity contribution in [2.75, 3.05) is 16.8 Å². The number of aryl methyl sites for hydroxylation is 4. The predicted molar refractivity (Wildman–Crippen MR) is 121 cm³/mol. The van der Waals surface area contributed by atoms with Gasteiger partial charge in [0.2, 0.25) is 0 Å². The monoisotopic (exact) mass is 398 g/mol. The van der Waals surface area contributed by atoms with E-state index in [0.29, 0.717) is 17.7 Å². The van der Waals surface area contributed by atoms with Gasteiger partial charge in [-0.15, -0.1) is 0 Å². The number of carbonyl (C=O) groups is 2. The van der Waals surface area contributed by atoms with E-state index in [4.69, 9.17) is 0 Å². The lowest BCUT2D eigenvalue weighted by Crippen LogP contribution is -2.35. The number of amides is 2. The van der Waals surface area contributed by atoms with Crippen LogP contribution in [0.15, 0.2) is 60.7 Å². The summed E-state index contributed by atoms with van der Waals surface area (Å²) in [4.78, 5) is 27.7. The third kappa shape index (κ3) is 3.99. The van der Waals surface area contributed by atoms with Crippen LogP contribution in [0.5, 0.6) is 0 Å². The summed E-state index contributed by atoms with van der Waals surface area (Å²) < 4.78 is 0. The molecule has 4 nitrogen and oxygen atoms in total. The van der Waals surface area contributed by atoms with Crippen molar-refractivity contribution >= 4 is 23.2 Å². The lowest BCUT2D eigenvalue weighted by molar-refractivity contribution is 0.0984. The molecule has 2 amide bonds. The van der Waals surface area contributed by atoms with E-state index in [1.807, 2.05) is 74.2 Å². The average Bonchev–Trinajstić information content (AvgIpc) is 2.74. The fraction of sp³-hybridized carbons (Fsp3) is 0.231. The van der Waals surface area contributed by atoms with Gasteiger partial charge in [0.25, 0.3) is 11.8 Å². The van der Waals surface area contributed by atoms with Gasteiger partial charge in [-0.1, -0.05) is 35.4 Å². The van der Waals surface area contributed by atoms with E-state index < -0.39 is 0 Å². The summed E-state index contributed by atoms with van der Waals surface area (Å²) in [6, 6.07) is 19.3. The Morgan fingerprint density at radius 1 is 0.867 bits per heavy atom. The molecule has 1 heterocycles. The minimum Gasteiger partial charge on any atom is -0.322 e. The smallest absolute Gasteiger partial charge is 0.258 e. The maximum absolute atomic E-state index is 13.1. The second-order valence-electron chi connectivity index (χ2n) is 8.05. The molecule has 0 saturated heterocycles. The molecule has 0 fully saturated rings. The number of fused-ring (bicyclic) bond motifs is 1. The lowest BCUT2D eigenvalue weighted by Gasteiger charge is -2.30. The van der Waals surface area contributed by atoms with E-state index in [0.717, 1.165) is 46.5 Å². The number of carbonyl (C=O) groups excluding carboxylic acids is 2. The third-order valence-electron chi connectivity index (χ3n) is 5.60. The van der Waals surface area contributed by atoms with Crippen LogP contribution in [0.1, 0.15) is 49.4 Å². The summed E-state index contributed by atoms with van der Waals surface area (Å²) in [5.74, 6) is -0.126. The van der Waals surface area contributed by atoms with Crippen molar-refractivity contribution in [1.82, 2.24) is 0 Å². The molecule has 0 saturated carbocycles. The number of benzene rings is 3. The highest BCUT2D eigenvalue weighted by atomic mass is 16.2. The van der Waals surface area contributed by atoms with Gasteiger partial charge >= 0.3 is 0 Å². The van der Waals surface area contributed by atoms with Gasteiger partial charge in [0.15, 0.2) is 0 Å². The molecule has 3 aromatic carbocycles. The molecular formula is C26H26N2O2. The van der Waals surface area contributed by atoms with E-state index in [2.05, 4.69) is 11.4 Å². The highest BCUT2D eigenvalue weighted by molar-refractivity contribution is 6.08. The molecule has 30 heavy (non-hydrogen) atoms. The van der Waals surface area contributed by atoms with Gasteiger partial charge in [-0.2, -0.15) is 0 Å². The van der Waals surface area contributed by atoms with Gasteiger partial charge in [0.05, 0.1) is 0 Å². The zero-order chi connectivity index (χ0) is 21.3. The van der Waals surface area contributed by atoms with Gasteiger partial charge in [-0.3, -0.25) is 9.59 Å². The lowest BCUT2D eigenvalue weighted by atomic mass is 9.97. The number of anilines is 2. The number of hydrogen-bond acceptors (Lipinski definition) is 2. The zero-order valence-corrected chi connectivity index (χ0v) is 17.7. The SMILES string of the molecule is Cc1cccc(C(=O)N2CCCc3cc(C(=O)Nc4ccc(C)cc4C)ccc32)c1. The van der Waals surface area contributed by atoms with E-state index in [1.165, 1.54) is 0 Å². The second-order valence-corrected chi connectivity index (χ2v) is 8.05. The number of nitrogens with zero attached hydrogens (tertiary/aromatic N) is 1. The number of hydrogen-bond donors (Lipinski definition) is 1. The fourth-order valence-electron chi connectivity index (χ4n) is 4.03. The highest BCUT2D eigenvalue weighted by Gasteiger charge is 2.24.